The first-order chi connectivity index (χ1) is 8.81. The van der Waals surface area contributed by atoms with Crippen LogP contribution < -0.4 is 9.47 Å². The molecule has 0 heterocycles. The summed E-state index contributed by atoms with van der Waals surface area (Å²) < 4.78 is 10.7. The monoisotopic (exact) mass is 243 g/mol. The van der Waals surface area contributed by atoms with Crippen molar-refractivity contribution in [2.75, 3.05) is 14.2 Å². The fourth-order valence-electron chi connectivity index (χ4n) is 2.01. The number of nitrogens with zero attached hydrogens (tertiary/aromatic N) is 1. The van der Waals surface area contributed by atoms with E-state index in [4.69, 9.17) is 9.47 Å². The molecule has 2 aromatic rings. The highest BCUT2D eigenvalue weighted by molar-refractivity contribution is 5.94. The van der Waals surface area contributed by atoms with Gasteiger partial charge in [-0.3, -0.25) is 0 Å². The fourth-order valence-corrected chi connectivity index (χ4v) is 2.01. The SMILES string of the molecule is COc1cccc2c(OC)c(CN=C=O)ccc12. The van der Waals surface area contributed by atoms with Gasteiger partial charge in [-0.05, 0) is 6.07 Å². The second-order valence-corrected chi connectivity index (χ2v) is 3.72. The summed E-state index contributed by atoms with van der Waals surface area (Å²) in [5.41, 5.74) is 0.849. The number of hydrogen-bond acceptors (Lipinski definition) is 4. The first-order valence-electron chi connectivity index (χ1n) is 5.48. The number of carbonyl (C=O) groups excluding carboxylic acids is 1. The second kappa shape index (κ2) is 5.34. The molecule has 0 aliphatic carbocycles. The van der Waals surface area contributed by atoms with Gasteiger partial charge in [-0.1, -0.05) is 24.3 Å². The van der Waals surface area contributed by atoms with E-state index in [1.165, 1.54) is 6.08 Å². The molecule has 0 aromatic heterocycles. The molecule has 0 saturated heterocycles. The number of hydrogen-bond donors (Lipinski definition) is 0. The van der Waals surface area contributed by atoms with Gasteiger partial charge < -0.3 is 9.47 Å². The molecule has 0 radical (unpaired) electrons. The molecular formula is C14H13NO3. The Morgan fingerprint density at radius 3 is 2.61 bits per heavy atom. The zero-order valence-electron chi connectivity index (χ0n) is 10.3. The van der Waals surface area contributed by atoms with Gasteiger partial charge in [0.2, 0.25) is 6.08 Å². The van der Waals surface area contributed by atoms with Crippen molar-refractivity contribution in [1.82, 2.24) is 0 Å². The highest BCUT2D eigenvalue weighted by Crippen LogP contribution is 2.34. The van der Waals surface area contributed by atoms with Gasteiger partial charge in [-0.15, -0.1) is 0 Å². The van der Waals surface area contributed by atoms with Crippen molar-refractivity contribution in [3.63, 3.8) is 0 Å². The minimum absolute atomic E-state index is 0.264. The van der Waals surface area contributed by atoms with E-state index in [1.54, 1.807) is 14.2 Å². The van der Waals surface area contributed by atoms with Crippen LogP contribution in [0.25, 0.3) is 10.8 Å². The Kier molecular flexibility index (Phi) is 3.60. The molecule has 0 atom stereocenters. The smallest absolute Gasteiger partial charge is 0.235 e. The van der Waals surface area contributed by atoms with E-state index in [-0.39, 0.29) is 6.54 Å². The number of fused-ring (bicyclic) bond motifs is 1. The quantitative estimate of drug-likeness (QED) is 0.612. The van der Waals surface area contributed by atoms with Gasteiger partial charge >= 0.3 is 0 Å². The van der Waals surface area contributed by atoms with Crippen molar-refractivity contribution >= 4 is 16.9 Å². The van der Waals surface area contributed by atoms with Crippen LogP contribution in [-0.4, -0.2) is 20.3 Å². The first-order valence-corrected chi connectivity index (χ1v) is 5.48. The van der Waals surface area contributed by atoms with Gasteiger partial charge in [0.05, 0.1) is 20.8 Å². The highest BCUT2D eigenvalue weighted by Gasteiger charge is 2.10. The Labute approximate surface area is 105 Å². The topological polar surface area (TPSA) is 47.9 Å². The minimum atomic E-state index is 0.264. The predicted molar refractivity (Wildman–Crippen MR) is 68.9 cm³/mol. The summed E-state index contributed by atoms with van der Waals surface area (Å²) in [5.74, 6) is 1.50. The summed E-state index contributed by atoms with van der Waals surface area (Å²) in [6, 6.07) is 9.56. The van der Waals surface area contributed by atoms with Gasteiger partial charge in [0.1, 0.15) is 11.5 Å². The largest absolute Gasteiger partial charge is 0.496 e. The molecule has 4 nitrogen and oxygen atoms in total. The number of benzene rings is 2. The third-order valence-corrected chi connectivity index (χ3v) is 2.79. The average molecular weight is 243 g/mol. The summed E-state index contributed by atoms with van der Waals surface area (Å²) in [7, 11) is 3.23. The molecule has 0 spiro atoms. The van der Waals surface area contributed by atoms with Gasteiger partial charge in [0.15, 0.2) is 0 Å². The molecule has 0 fully saturated rings. The molecule has 18 heavy (non-hydrogen) atoms. The molecule has 0 aliphatic rings. The summed E-state index contributed by atoms with van der Waals surface area (Å²) in [4.78, 5) is 13.8. The number of ether oxygens (including phenoxy) is 2. The van der Waals surface area contributed by atoms with Crippen LogP contribution in [0.2, 0.25) is 0 Å². The summed E-state index contributed by atoms with van der Waals surface area (Å²) in [6.07, 6.45) is 1.53. The summed E-state index contributed by atoms with van der Waals surface area (Å²) in [6.45, 7) is 0.264. The number of rotatable bonds is 4. The summed E-state index contributed by atoms with van der Waals surface area (Å²) in [5, 5.41) is 1.91. The number of methoxy groups -OCH3 is 2. The number of aliphatic imine (C=N–C) groups is 1. The Morgan fingerprint density at radius 1 is 1.11 bits per heavy atom. The third kappa shape index (κ3) is 2.06. The predicted octanol–water partition coefficient (Wildman–Crippen LogP) is 2.69. The molecule has 0 unspecified atom stereocenters. The van der Waals surface area contributed by atoms with Crippen molar-refractivity contribution in [2.45, 2.75) is 6.54 Å². The fraction of sp³-hybridized carbons (Fsp3) is 0.214. The van der Waals surface area contributed by atoms with Crippen LogP contribution in [0.4, 0.5) is 0 Å². The maximum atomic E-state index is 10.2. The van der Waals surface area contributed by atoms with Crippen LogP contribution in [0.15, 0.2) is 35.3 Å². The zero-order chi connectivity index (χ0) is 13.0. The minimum Gasteiger partial charge on any atom is -0.496 e. The van der Waals surface area contributed by atoms with Crippen LogP contribution >= 0.6 is 0 Å². The highest BCUT2D eigenvalue weighted by atomic mass is 16.5. The van der Waals surface area contributed by atoms with E-state index < -0.39 is 0 Å². The van der Waals surface area contributed by atoms with Crippen LogP contribution in [0.3, 0.4) is 0 Å². The Bertz CT molecular complexity index is 616. The van der Waals surface area contributed by atoms with Crippen LogP contribution in [0, 0.1) is 0 Å². The molecule has 0 saturated carbocycles. The standard InChI is InChI=1S/C14H13NO3/c1-17-13-5-3-4-12-11(13)7-6-10(8-15-9-16)14(12)18-2/h3-7H,8H2,1-2H3. The van der Waals surface area contributed by atoms with E-state index in [0.29, 0.717) is 5.75 Å². The van der Waals surface area contributed by atoms with Gasteiger partial charge in [-0.2, -0.15) is 0 Å². The van der Waals surface area contributed by atoms with Crippen LogP contribution in [0.5, 0.6) is 11.5 Å². The maximum Gasteiger partial charge on any atom is 0.235 e. The Morgan fingerprint density at radius 2 is 1.94 bits per heavy atom. The van der Waals surface area contributed by atoms with Crippen LogP contribution in [-0.2, 0) is 11.3 Å². The lowest BCUT2D eigenvalue weighted by atomic mass is 10.0. The lowest BCUT2D eigenvalue weighted by Crippen LogP contribution is -1.94. The number of isocyanates is 1. The molecule has 0 bridgehead atoms. The lowest BCUT2D eigenvalue weighted by Gasteiger charge is -2.12. The molecule has 2 aromatic carbocycles. The van der Waals surface area contributed by atoms with Crippen molar-refractivity contribution < 1.29 is 14.3 Å². The molecule has 4 heteroatoms. The zero-order valence-corrected chi connectivity index (χ0v) is 10.3. The van der Waals surface area contributed by atoms with E-state index in [0.717, 1.165) is 22.1 Å². The summed E-state index contributed by atoms with van der Waals surface area (Å²) >= 11 is 0. The third-order valence-electron chi connectivity index (χ3n) is 2.79. The Hall–Kier alpha value is -2.32. The average Bonchev–Trinajstić information content (AvgIpc) is 2.43. The Balaban J connectivity index is 2.67. The normalized spacial score (nSPS) is 9.89. The lowest BCUT2D eigenvalue weighted by molar-refractivity contribution is 0.412. The van der Waals surface area contributed by atoms with Crippen molar-refractivity contribution in [3.05, 3.63) is 35.9 Å². The molecule has 0 amide bonds. The first kappa shape index (κ1) is 12.1. The van der Waals surface area contributed by atoms with Crippen LogP contribution in [0.1, 0.15) is 5.56 Å². The molecule has 0 aliphatic heterocycles. The van der Waals surface area contributed by atoms with Crippen molar-refractivity contribution in [1.29, 1.82) is 0 Å². The van der Waals surface area contributed by atoms with E-state index in [2.05, 4.69) is 4.99 Å². The van der Waals surface area contributed by atoms with Gasteiger partial charge in [0, 0.05) is 16.3 Å². The molecular weight excluding hydrogens is 230 g/mol. The van der Waals surface area contributed by atoms with E-state index >= 15 is 0 Å². The van der Waals surface area contributed by atoms with Gasteiger partial charge in [-0.25, -0.2) is 9.79 Å². The molecule has 0 N–H and O–H groups in total. The van der Waals surface area contributed by atoms with Crippen molar-refractivity contribution in [3.8, 4) is 11.5 Å². The van der Waals surface area contributed by atoms with Crippen molar-refractivity contribution in [2.24, 2.45) is 4.99 Å². The van der Waals surface area contributed by atoms with Gasteiger partial charge in [0.25, 0.3) is 0 Å². The second-order valence-electron chi connectivity index (χ2n) is 3.72. The molecule has 92 valence electrons. The molecule has 2 rings (SSSR count). The van der Waals surface area contributed by atoms with E-state index in [9.17, 15) is 4.79 Å². The van der Waals surface area contributed by atoms with E-state index in [1.807, 2.05) is 30.3 Å². The maximum absolute atomic E-state index is 10.2.